The number of nitrogens with zero attached hydrogens (tertiary/aromatic N) is 2. The van der Waals surface area contributed by atoms with Crippen LogP contribution >= 0.6 is 15.9 Å². The predicted octanol–water partition coefficient (Wildman–Crippen LogP) is 1.53. The molecule has 0 saturated carbocycles. The van der Waals surface area contributed by atoms with Crippen LogP contribution in [-0.2, 0) is 19.1 Å². The average Bonchev–Trinajstić information content (AvgIpc) is 2.65. The van der Waals surface area contributed by atoms with Gasteiger partial charge in [-0.15, -0.1) is 0 Å². The van der Waals surface area contributed by atoms with Gasteiger partial charge in [-0.1, -0.05) is 22.0 Å². The van der Waals surface area contributed by atoms with Gasteiger partial charge in [0.15, 0.2) is 0 Å². The summed E-state index contributed by atoms with van der Waals surface area (Å²) in [7, 11) is 1.32. The maximum absolute atomic E-state index is 13.2. The van der Waals surface area contributed by atoms with E-state index in [2.05, 4.69) is 37.6 Å². The second-order valence-corrected chi connectivity index (χ2v) is 9.23. The number of ether oxygens (including phenoxy) is 2. The molecule has 1 saturated heterocycles. The van der Waals surface area contributed by atoms with Crippen molar-refractivity contribution in [1.29, 1.82) is 0 Å². The van der Waals surface area contributed by atoms with Gasteiger partial charge in [0.1, 0.15) is 17.7 Å². The monoisotopic (exact) mass is 474 g/mol. The Morgan fingerprint density at radius 1 is 1.34 bits per heavy atom. The average molecular weight is 475 g/mol. The number of rotatable bonds is 5. The summed E-state index contributed by atoms with van der Waals surface area (Å²) in [5.74, 6) is -0.723. The number of methoxy groups -OCH3 is 1. The highest BCUT2D eigenvalue weighted by atomic mass is 79.9. The van der Waals surface area contributed by atoms with Gasteiger partial charge in [0.05, 0.1) is 7.11 Å². The molecule has 2 aliphatic heterocycles. The lowest BCUT2D eigenvalue weighted by Crippen LogP contribution is -2.62. The Labute approximate surface area is 180 Å². The summed E-state index contributed by atoms with van der Waals surface area (Å²) in [4.78, 5) is 39.5. The number of carbonyl (C=O) groups excluding carboxylic acids is 3. The van der Waals surface area contributed by atoms with Crippen molar-refractivity contribution in [2.24, 2.45) is 0 Å². The number of esters is 1. The van der Waals surface area contributed by atoms with E-state index < -0.39 is 29.7 Å². The molecule has 2 heterocycles. The maximum atomic E-state index is 13.2. The van der Waals surface area contributed by atoms with Crippen LogP contribution in [0.1, 0.15) is 40.0 Å². The van der Waals surface area contributed by atoms with Gasteiger partial charge in [-0.2, -0.15) is 0 Å². The molecule has 2 N–H and O–H groups in total. The van der Waals surface area contributed by atoms with Gasteiger partial charge in [0.2, 0.25) is 0 Å². The minimum atomic E-state index is -0.813. The summed E-state index contributed by atoms with van der Waals surface area (Å²) in [6.07, 6.45) is 3.56. The van der Waals surface area contributed by atoms with Crippen LogP contribution in [-0.4, -0.2) is 78.9 Å². The molecule has 2 amide bonds. The summed E-state index contributed by atoms with van der Waals surface area (Å²) < 4.78 is 11.2. The van der Waals surface area contributed by atoms with E-state index >= 15 is 0 Å². The summed E-state index contributed by atoms with van der Waals surface area (Å²) in [6.45, 7) is 7.53. The van der Waals surface area contributed by atoms with Gasteiger partial charge in [-0.25, -0.2) is 10.2 Å². The Morgan fingerprint density at radius 2 is 2.07 bits per heavy atom. The highest BCUT2D eigenvalue weighted by Crippen LogP contribution is 2.16. The molecule has 0 spiro atoms. The first-order valence-corrected chi connectivity index (χ1v) is 10.6. The highest BCUT2D eigenvalue weighted by molar-refractivity contribution is 9.11. The Balaban J connectivity index is 2.09. The van der Waals surface area contributed by atoms with Crippen molar-refractivity contribution in [2.75, 3.05) is 33.3 Å². The number of amides is 2. The molecule has 2 rings (SSSR count). The summed E-state index contributed by atoms with van der Waals surface area (Å²) in [6, 6.07) is -1.39. The largest absolute Gasteiger partial charge is 0.468 e. The van der Waals surface area contributed by atoms with Gasteiger partial charge in [0.25, 0.3) is 5.91 Å². The number of hydrogen-bond donors (Lipinski definition) is 2. The first-order valence-electron chi connectivity index (χ1n) is 9.81. The molecule has 164 valence electrons. The number of hydrazine groups is 1. The van der Waals surface area contributed by atoms with E-state index in [1.165, 1.54) is 12.1 Å². The molecule has 9 nitrogen and oxygen atoms in total. The normalized spacial score (nSPS) is 21.8. The Hall–Kier alpha value is -1.65. The third-order valence-electron chi connectivity index (χ3n) is 4.55. The molecular weight excluding hydrogens is 444 g/mol. The lowest BCUT2D eigenvalue weighted by molar-refractivity contribution is -0.150. The second-order valence-electron chi connectivity index (χ2n) is 8.21. The van der Waals surface area contributed by atoms with Crippen molar-refractivity contribution in [3.8, 4) is 0 Å². The minimum absolute atomic E-state index is 0.310. The van der Waals surface area contributed by atoms with E-state index in [0.717, 1.165) is 17.4 Å². The van der Waals surface area contributed by atoms with Crippen molar-refractivity contribution >= 4 is 33.9 Å². The molecule has 0 aromatic carbocycles. The van der Waals surface area contributed by atoms with Crippen molar-refractivity contribution in [2.45, 2.75) is 57.7 Å². The fraction of sp³-hybridized carbons (Fsp3) is 0.737. The van der Waals surface area contributed by atoms with Crippen LogP contribution in [0, 0.1) is 0 Å². The molecule has 0 bridgehead atoms. The van der Waals surface area contributed by atoms with E-state index in [0.29, 0.717) is 32.5 Å². The SMILES string of the molecule is COC(=O)[C@@H]1CCCN(C(=O)C(CN2CCC=C(Br)C2)NC(=O)OC(C)(C)C)N1. The first-order chi connectivity index (χ1) is 13.6. The lowest BCUT2D eigenvalue weighted by Gasteiger charge is -2.36. The number of hydrogen-bond acceptors (Lipinski definition) is 7. The molecule has 29 heavy (non-hydrogen) atoms. The Kier molecular flexibility index (Phi) is 8.47. The van der Waals surface area contributed by atoms with Crippen LogP contribution in [0.25, 0.3) is 0 Å². The topological polar surface area (TPSA) is 100 Å². The Bertz CT molecular complexity index is 649. The van der Waals surface area contributed by atoms with Crippen molar-refractivity contribution < 1.29 is 23.9 Å². The molecule has 10 heteroatoms. The Morgan fingerprint density at radius 3 is 2.69 bits per heavy atom. The molecular formula is C19H31BrN4O5. The molecule has 1 unspecified atom stereocenters. The van der Waals surface area contributed by atoms with Crippen molar-refractivity contribution in [3.63, 3.8) is 0 Å². The molecule has 1 fully saturated rings. The van der Waals surface area contributed by atoms with Gasteiger partial charge in [-0.3, -0.25) is 19.5 Å². The van der Waals surface area contributed by atoms with E-state index in [4.69, 9.17) is 9.47 Å². The summed E-state index contributed by atoms with van der Waals surface area (Å²) in [5, 5.41) is 4.11. The second kappa shape index (κ2) is 10.4. The van der Waals surface area contributed by atoms with E-state index in [1.54, 1.807) is 20.8 Å². The standard InChI is InChI=1S/C19H31BrN4O5/c1-19(2,3)29-18(27)21-15(12-23-9-5-7-13(20)11-23)16(25)24-10-6-8-14(22-24)17(26)28-4/h7,14-15,22H,5-6,8-12H2,1-4H3,(H,21,27)/t14-,15?/m0/s1. The molecule has 2 atom stereocenters. The molecule has 0 aromatic heterocycles. The van der Waals surface area contributed by atoms with Crippen LogP contribution in [0.15, 0.2) is 10.6 Å². The predicted molar refractivity (Wildman–Crippen MR) is 111 cm³/mol. The maximum Gasteiger partial charge on any atom is 0.408 e. The highest BCUT2D eigenvalue weighted by Gasteiger charge is 2.34. The zero-order chi connectivity index (χ0) is 21.6. The van der Waals surface area contributed by atoms with Crippen LogP contribution in [0.2, 0.25) is 0 Å². The number of halogens is 1. The third kappa shape index (κ3) is 7.60. The summed E-state index contributed by atoms with van der Waals surface area (Å²) >= 11 is 3.50. The minimum Gasteiger partial charge on any atom is -0.468 e. The number of alkyl carbamates (subject to hydrolysis) is 1. The van der Waals surface area contributed by atoms with Crippen LogP contribution in [0.4, 0.5) is 4.79 Å². The zero-order valence-corrected chi connectivity index (χ0v) is 19.1. The van der Waals surface area contributed by atoms with Crippen LogP contribution < -0.4 is 10.7 Å². The first kappa shape index (κ1) is 23.6. The number of carbonyl (C=O) groups is 3. The molecule has 0 aliphatic carbocycles. The number of nitrogens with one attached hydrogen (secondary N) is 2. The summed E-state index contributed by atoms with van der Waals surface area (Å²) in [5.41, 5.74) is 2.26. The third-order valence-corrected chi connectivity index (χ3v) is 5.13. The van der Waals surface area contributed by atoms with E-state index in [1.807, 2.05) is 0 Å². The van der Waals surface area contributed by atoms with Crippen LogP contribution in [0.5, 0.6) is 0 Å². The molecule has 0 aromatic rings. The van der Waals surface area contributed by atoms with E-state index in [9.17, 15) is 14.4 Å². The lowest BCUT2D eigenvalue weighted by atomic mass is 10.1. The van der Waals surface area contributed by atoms with Gasteiger partial charge in [0, 0.05) is 30.7 Å². The van der Waals surface area contributed by atoms with Gasteiger partial charge < -0.3 is 14.8 Å². The zero-order valence-electron chi connectivity index (χ0n) is 17.5. The fourth-order valence-corrected chi connectivity index (χ4v) is 3.84. The molecule has 0 radical (unpaired) electrons. The fourth-order valence-electron chi connectivity index (χ4n) is 3.26. The van der Waals surface area contributed by atoms with Gasteiger partial charge in [-0.05, 0) is 40.0 Å². The van der Waals surface area contributed by atoms with Crippen LogP contribution in [0.3, 0.4) is 0 Å². The quantitative estimate of drug-likeness (QED) is 0.582. The molecule has 2 aliphatic rings. The van der Waals surface area contributed by atoms with Crippen molar-refractivity contribution in [1.82, 2.24) is 20.7 Å². The smallest absolute Gasteiger partial charge is 0.408 e. The van der Waals surface area contributed by atoms with Gasteiger partial charge >= 0.3 is 12.1 Å². The van der Waals surface area contributed by atoms with Crippen molar-refractivity contribution in [3.05, 3.63) is 10.6 Å². The van der Waals surface area contributed by atoms with E-state index in [-0.39, 0.29) is 5.91 Å².